The van der Waals surface area contributed by atoms with Gasteiger partial charge in [-0.05, 0) is 72.1 Å². The molecule has 11 heteroatoms. The SMILES string of the molecule is CSCC[C@H](NC(=O)c1ccc(CNC(COC(=O)C(F)(F)F)CC2CCCCC2)cc1-c1ccccc1C)C(=O)O. The summed E-state index contributed by atoms with van der Waals surface area (Å²) in [5, 5.41) is 15.5. The highest BCUT2D eigenvalue weighted by Gasteiger charge is 2.41. The molecule has 2 atom stereocenters. The van der Waals surface area contributed by atoms with Crippen LogP contribution in [0.3, 0.4) is 0 Å². The first-order valence-corrected chi connectivity index (χ1v) is 15.6. The van der Waals surface area contributed by atoms with Crippen LogP contribution < -0.4 is 10.6 Å². The van der Waals surface area contributed by atoms with E-state index >= 15 is 0 Å². The van der Waals surface area contributed by atoms with E-state index in [1.54, 1.807) is 12.1 Å². The van der Waals surface area contributed by atoms with Crippen LogP contribution in [-0.2, 0) is 20.9 Å². The summed E-state index contributed by atoms with van der Waals surface area (Å²) in [7, 11) is 0. The minimum atomic E-state index is -5.05. The Kier molecular flexibility index (Phi) is 12.7. The molecule has 2 aromatic carbocycles. The molecule has 0 saturated heterocycles. The molecule has 42 heavy (non-hydrogen) atoms. The predicted octanol–water partition coefficient (Wildman–Crippen LogP) is 6.13. The third kappa shape index (κ3) is 10.0. The van der Waals surface area contributed by atoms with E-state index < -0.39 is 42.7 Å². The first kappa shape index (κ1) is 33.5. The molecule has 0 radical (unpaired) electrons. The number of aliphatic carboxylic acids is 1. The molecule has 0 aliphatic heterocycles. The highest BCUT2D eigenvalue weighted by molar-refractivity contribution is 7.98. The Morgan fingerprint density at radius 2 is 1.79 bits per heavy atom. The molecule has 0 heterocycles. The Morgan fingerprint density at radius 3 is 2.43 bits per heavy atom. The van der Waals surface area contributed by atoms with Crippen LogP contribution in [0.5, 0.6) is 0 Å². The van der Waals surface area contributed by atoms with Gasteiger partial charge < -0.3 is 20.5 Å². The highest BCUT2D eigenvalue weighted by atomic mass is 32.2. The monoisotopic (exact) mass is 608 g/mol. The van der Waals surface area contributed by atoms with Gasteiger partial charge in [0.25, 0.3) is 5.91 Å². The highest BCUT2D eigenvalue weighted by Crippen LogP contribution is 2.30. The number of carboxylic acid groups (broad SMARTS) is 1. The van der Waals surface area contributed by atoms with Crippen molar-refractivity contribution in [2.75, 3.05) is 18.6 Å². The van der Waals surface area contributed by atoms with Gasteiger partial charge in [0.1, 0.15) is 12.6 Å². The number of aryl methyl sites for hydroxylation is 1. The molecule has 230 valence electrons. The fraction of sp³-hybridized carbons (Fsp3) is 0.516. The Balaban J connectivity index is 1.83. The number of esters is 1. The average Bonchev–Trinajstić information content (AvgIpc) is 2.96. The van der Waals surface area contributed by atoms with Gasteiger partial charge in [0.05, 0.1) is 0 Å². The van der Waals surface area contributed by atoms with Crippen LogP contribution in [0.4, 0.5) is 13.2 Å². The van der Waals surface area contributed by atoms with Crippen molar-refractivity contribution in [2.24, 2.45) is 5.92 Å². The quantitative estimate of drug-likeness (QED) is 0.222. The molecule has 1 aliphatic carbocycles. The molecule has 1 fully saturated rings. The van der Waals surface area contributed by atoms with Crippen molar-refractivity contribution in [1.29, 1.82) is 0 Å². The summed E-state index contributed by atoms with van der Waals surface area (Å²) >= 11 is 1.49. The van der Waals surface area contributed by atoms with Crippen molar-refractivity contribution in [3.63, 3.8) is 0 Å². The molecule has 0 bridgehead atoms. The maximum atomic E-state index is 13.3. The summed E-state index contributed by atoms with van der Waals surface area (Å²) < 4.78 is 42.9. The molecule has 3 N–H and O–H groups in total. The standard InChI is InChI=1S/C31H39F3N2O5S/c1-20-8-6-7-11-24(20)26-17-22(12-13-25(26)28(37)36-27(29(38)39)14-15-42-2)18-35-23(16-21-9-4-3-5-10-21)19-41-30(40)31(32,33)34/h6-8,11-13,17,21,23,27,35H,3-5,9-10,14-16,18-19H2,1-2H3,(H,36,37)(H,38,39)/t23?,27-/m0/s1. The zero-order valence-corrected chi connectivity index (χ0v) is 24.8. The number of amides is 1. The second kappa shape index (κ2) is 16.0. The molecule has 1 amide bonds. The number of hydrogen-bond acceptors (Lipinski definition) is 6. The summed E-state index contributed by atoms with van der Waals surface area (Å²) in [6.45, 7) is 1.79. The zero-order valence-electron chi connectivity index (χ0n) is 24.0. The lowest BCUT2D eigenvalue weighted by Gasteiger charge is -2.27. The Labute approximate surface area is 249 Å². The van der Waals surface area contributed by atoms with Gasteiger partial charge >= 0.3 is 18.1 Å². The summed E-state index contributed by atoms with van der Waals surface area (Å²) in [4.78, 5) is 36.5. The molecule has 7 nitrogen and oxygen atoms in total. The van der Waals surface area contributed by atoms with Crippen molar-refractivity contribution in [2.45, 2.75) is 76.7 Å². The van der Waals surface area contributed by atoms with E-state index in [2.05, 4.69) is 15.4 Å². The van der Waals surface area contributed by atoms with Gasteiger partial charge in [-0.1, -0.05) is 62.4 Å². The van der Waals surface area contributed by atoms with Gasteiger partial charge in [-0.25, -0.2) is 9.59 Å². The van der Waals surface area contributed by atoms with Gasteiger partial charge in [-0.3, -0.25) is 4.79 Å². The number of thioether (sulfide) groups is 1. The third-order valence-corrected chi connectivity index (χ3v) is 8.21. The van der Waals surface area contributed by atoms with Crippen LogP contribution >= 0.6 is 11.8 Å². The molecule has 0 spiro atoms. The lowest BCUT2D eigenvalue weighted by Crippen LogP contribution is -2.41. The summed E-state index contributed by atoms with van der Waals surface area (Å²) in [5.74, 6) is -2.90. The predicted molar refractivity (Wildman–Crippen MR) is 157 cm³/mol. The maximum Gasteiger partial charge on any atom is 0.490 e. The van der Waals surface area contributed by atoms with Crippen molar-refractivity contribution < 1.29 is 37.4 Å². The number of alkyl halides is 3. The summed E-state index contributed by atoms with van der Waals surface area (Å²) in [5.41, 5.74) is 3.44. The van der Waals surface area contributed by atoms with Crippen molar-refractivity contribution in [1.82, 2.24) is 10.6 Å². The van der Waals surface area contributed by atoms with Crippen LogP contribution in [0.15, 0.2) is 42.5 Å². The minimum absolute atomic E-state index is 0.271. The smallest absolute Gasteiger partial charge is 0.480 e. The summed E-state index contributed by atoms with van der Waals surface area (Å²) in [6.07, 6.45) is 2.94. The van der Waals surface area contributed by atoms with Gasteiger partial charge in [0, 0.05) is 18.2 Å². The first-order valence-electron chi connectivity index (χ1n) is 14.2. The second-order valence-electron chi connectivity index (χ2n) is 10.8. The average molecular weight is 609 g/mol. The molecule has 1 aliphatic rings. The Bertz CT molecular complexity index is 1220. The zero-order chi connectivity index (χ0) is 30.7. The molecule has 2 aromatic rings. The van der Waals surface area contributed by atoms with Gasteiger partial charge in [-0.2, -0.15) is 24.9 Å². The lowest BCUT2D eigenvalue weighted by atomic mass is 9.85. The number of halogens is 3. The molecule has 0 aromatic heterocycles. The van der Waals surface area contributed by atoms with Gasteiger partial charge in [0.2, 0.25) is 0 Å². The van der Waals surface area contributed by atoms with Crippen LogP contribution in [0.2, 0.25) is 0 Å². The fourth-order valence-corrected chi connectivity index (χ4v) is 5.75. The van der Waals surface area contributed by atoms with Crippen molar-refractivity contribution in [3.8, 4) is 11.1 Å². The van der Waals surface area contributed by atoms with Crippen molar-refractivity contribution in [3.05, 3.63) is 59.2 Å². The minimum Gasteiger partial charge on any atom is -0.480 e. The lowest BCUT2D eigenvalue weighted by molar-refractivity contribution is -0.200. The number of ether oxygens (including phenoxy) is 1. The number of rotatable bonds is 14. The number of carbonyl (C=O) groups is 3. The van der Waals surface area contributed by atoms with E-state index in [0.29, 0.717) is 29.2 Å². The van der Waals surface area contributed by atoms with E-state index in [9.17, 15) is 32.7 Å². The van der Waals surface area contributed by atoms with Crippen LogP contribution in [0.25, 0.3) is 11.1 Å². The number of carbonyl (C=O) groups excluding carboxylic acids is 2. The van der Waals surface area contributed by atoms with Crippen LogP contribution in [0, 0.1) is 12.8 Å². The fourth-order valence-electron chi connectivity index (χ4n) is 5.28. The van der Waals surface area contributed by atoms with E-state index in [1.165, 1.54) is 11.8 Å². The Hall–Kier alpha value is -3.05. The van der Waals surface area contributed by atoms with Gasteiger partial charge in [-0.15, -0.1) is 0 Å². The number of nitrogens with one attached hydrogen (secondary N) is 2. The molecule has 1 saturated carbocycles. The van der Waals surface area contributed by atoms with E-state index in [-0.39, 0.29) is 13.0 Å². The van der Waals surface area contributed by atoms with Crippen molar-refractivity contribution >= 4 is 29.6 Å². The van der Waals surface area contributed by atoms with Crippen LogP contribution in [-0.4, -0.2) is 59.8 Å². The largest absolute Gasteiger partial charge is 0.490 e. The van der Waals surface area contributed by atoms with E-state index in [0.717, 1.165) is 48.8 Å². The normalized spacial score (nSPS) is 15.5. The summed E-state index contributed by atoms with van der Waals surface area (Å²) in [6, 6.07) is 11.2. The number of hydrogen-bond donors (Lipinski definition) is 3. The van der Waals surface area contributed by atoms with Crippen LogP contribution in [0.1, 0.15) is 66.4 Å². The molecule has 3 rings (SSSR count). The van der Waals surface area contributed by atoms with E-state index in [4.69, 9.17) is 0 Å². The maximum absolute atomic E-state index is 13.3. The molecular formula is C31H39F3N2O5S. The molecule has 1 unspecified atom stereocenters. The second-order valence-corrected chi connectivity index (χ2v) is 11.7. The first-order chi connectivity index (χ1) is 20.0. The molecular weight excluding hydrogens is 569 g/mol. The Morgan fingerprint density at radius 1 is 1.07 bits per heavy atom. The van der Waals surface area contributed by atoms with Gasteiger partial charge in [0.15, 0.2) is 0 Å². The van der Waals surface area contributed by atoms with E-state index in [1.807, 2.05) is 43.5 Å². The number of carboxylic acids is 1. The number of benzene rings is 2. The topological polar surface area (TPSA) is 105 Å². The third-order valence-electron chi connectivity index (χ3n) is 7.56.